The summed E-state index contributed by atoms with van der Waals surface area (Å²) < 4.78 is 62.2. The van der Waals surface area contributed by atoms with Gasteiger partial charge in [-0.05, 0) is 105 Å². The van der Waals surface area contributed by atoms with Crippen molar-refractivity contribution in [3.05, 3.63) is 58.9 Å². The summed E-state index contributed by atoms with van der Waals surface area (Å²) in [5.41, 5.74) is 1.02. The van der Waals surface area contributed by atoms with Gasteiger partial charge in [-0.25, -0.2) is 13.2 Å². The first-order valence-electron chi connectivity index (χ1n) is 15.1. The zero-order valence-electron chi connectivity index (χ0n) is 23.7. The number of ether oxygens (including phenoxy) is 3. The van der Waals surface area contributed by atoms with E-state index in [1.807, 2.05) is 12.1 Å². The Morgan fingerprint density at radius 2 is 1.28 bits per heavy atom. The van der Waals surface area contributed by atoms with Gasteiger partial charge < -0.3 is 14.2 Å². The third kappa shape index (κ3) is 8.15. The maximum atomic E-state index is 15.2. The Morgan fingerprint density at radius 3 is 1.87 bits per heavy atom. The molecule has 0 saturated heterocycles. The Labute approximate surface area is 232 Å². The fourth-order valence-electron chi connectivity index (χ4n) is 6.02. The highest BCUT2D eigenvalue weighted by molar-refractivity contribution is 5.33. The lowest BCUT2D eigenvalue weighted by atomic mass is 9.77. The van der Waals surface area contributed by atoms with Crippen LogP contribution in [-0.2, 0) is 4.74 Å². The summed E-state index contributed by atoms with van der Waals surface area (Å²) in [6.45, 7) is 6.01. The molecule has 0 bridgehead atoms. The molecule has 3 nitrogen and oxygen atoms in total. The first kappa shape index (κ1) is 29.8. The Morgan fingerprint density at radius 1 is 0.692 bits per heavy atom. The normalized spacial score (nSPS) is 23.5. The van der Waals surface area contributed by atoms with E-state index in [9.17, 15) is 4.39 Å². The SMILES string of the molecule is CCCCOc1ccc(OCC2CCC(c3ccc(C4CCC(OCCCC)CC4)c(F)c3F)CC2)c(F)c1. The molecular weight excluding hydrogens is 501 g/mol. The number of benzene rings is 2. The fraction of sp³-hybridized carbons (Fsp3) is 0.636. The van der Waals surface area contributed by atoms with E-state index in [2.05, 4.69) is 13.8 Å². The van der Waals surface area contributed by atoms with Gasteiger partial charge in [0.25, 0.3) is 0 Å². The maximum Gasteiger partial charge on any atom is 0.168 e. The molecule has 39 heavy (non-hydrogen) atoms. The first-order valence-corrected chi connectivity index (χ1v) is 15.1. The molecule has 0 atom stereocenters. The van der Waals surface area contributed by atoms with Gasteiger partial charge in [0.1, 0.15) is 5.75 Å². The molecule has 2 aromatic carbocycles. The zero-order chi connectivity index (χ0) is 27.6. The first-order chi connectivity index (χ1) is 19.0. The lowest BCUT2D eigenvalue weighted by molar-refractivity contribution is 0.0230. The summed E-state index contributed by atoms with van der Waals surface area (Å²) in [6.07, 6.45) is 11.1. The van der Waals surface area contributed by atoms with Crippen molar-refractivity contribution in [2.75, 3.05) is 19.8 Å². The lowest BCUT2D eigenvalue weighted by Crippen LogP contribution is -2.22. The predicted octanol–water partition coefficient (Wildman–Crippen LogP) is 9.48. The Hall–Kier alpha value is -2.21. The molecule has 2 aliphatic carbocycles. The molecule has 0 radical (unpaired) electrons. The van der Waals surface area contributed by atoms with E-state index in [0.717, 1.165) is 83.7 Å². The van der Waals surface area contributed by atoms with E-state index < -0.39 is 17.5 Å². The van der Waals surface area contributed by atoms with Gasteiger partial charge in [-0.1, -0.05) is 38.8 Å². The molecule has 0 aromatic heterocycles. The molecule has 216 valence electrons. The highest BCUT2D eigenvalue weighted by atomic mass is 19.2. The summed E-state index contributed by atoms with van der Waals surface area (Å²) in [6, 6.07) is 8.37. The van der Waals surface area contributed by atoms with Crippen LogP contribution in [0.4, 0.5) is 13.2 Å². The number of hydrogen-bond donors (Lipinski definition) is 0. The van der Waals surface area contributed by atoms with Crippen molar-refractivity contribution in [1.29, 1.82) is 0 Å². The van der Waals surface area contributed by atoms with Crippen molar-refractivity contribution in [2.45, 2.75) is 109 Å². The summed E-state index contributed by atoms with van der Waals surface area (Å²) in [4.78, 5) is 0. The standard InChI is InChI=1S/C33H45F3O3/c1-3-5-19-37-26-13-11-25(12-14-26)29-17-16-28(32(35)33(29)36)24-9-7-23(8-10-24)22-39-31-18-15-27(21-30(31)34)38-20-6-4-2/h15-18,21,23-26H,3-14,19-20,22H2,1-2H3. The molecule has 0 amide bonds. The average Bonchev–Trinajstić information content (AvgIpc) is 2.95. The van der Waals surface area contributed by atoms with E-state index in [1.165, 1.54) is 6.07 Å². The van der Waals surface area contributed by atoms with Crippen LogP contribution in [0.3, 0.4) is 0 Å². The van der Waals surface area contributed by atoms with Gasteiger partial charge in [-0.3, -0.25) is 0 Å². The minimum absolute atomic E-state index is 0.00351. The quantitative estimate of drug-likeness (QED) is 0.234. The number of rotatable bonds is 13. The molecule has 6 heteroatoms. The molecule has 0 heterocycles. The Balaban J connectivity index is 1.25. The van der Waals surface area contributed by atoms with Gasteiger partial charge in [0, 0.05) is 12.7 Å². The van der Waals surface area contributed by atoms with Crippen molar-refractivity contribution in [3.8, 4) is 11.5 Å². The molecule has 2 fully saturated rings. The van der Waals surface area contributed by atoms with Crippen LogP contribution in [0, 0.1) is 23.4 Å². The van der Waals surface area contributed by atoms with Gasteiger partial charge in [0.05, 0.1) is 19.3 Å². The number of hydrogen-bond acceptors (Lipinski definition) is 3. The van der Waals surface area contributed by atoms with Crippen molar-refractivity contribution in [2.24, 2.45) is 5.92 Å². The van der Waals surface area contributed by atoms with Crippen molar-refractivity contribution in [1.82, 2.24) is 0 Å². The smallest absolute Gasteiger partial charge is 0.168 e. The minimum Gasteiger partial charge on any atom is -0.493 e. The number of halogens is 3. The van der Waals surface area contributed by atoms with E-state index in [1.54, 1.807) is 12.1 Å². The second-order valence-electron chi connectivity index (χ2n) is 11.4. The summed E-state index contributed by atoms with van der Waals surface area (Å²) >= 11 is 0. The molecule has 4 rings (SSSR count). The van der Waals surface area contributed by atoms with Crippen LogP contribution in [0.2, 0.25) is 0 Å². The lowest BCUT2D eigenvalue weighted by Gasteiger charge is -2.31. The van der Waals surface area contributed by atoms with Gasteiger partial charge in [-0.15, -0.1) is 0 Å². The van der Waals surface area contributed by atoms with Crippen LogP contribution < -0.4 is 9.47 Å². The topological polar surface area (TPSA) is 27.7 Å². The molecule has 2 aliphatic rings. The van der Waals surface area contributed by atoms with E-state index in [4.69, 9.17) is 14.2 Å². The third-order valence-electron chi connectivity index (χ3n) is 8.54. The van der Waals surface area contributed by atoms with E-state index in [-0.39, 0.29) is 29.6 Å². The predicted molar refractivity (Wildman–Crippen MR) is 149 cm³/mol. The van der Waals surface area contributed by atoms with E-state index in [0.29, 0.717) is 30.1 Å². The van der Waals surface area contributed by atoms with Gasteiger partial charge in [0.2, 0.25) is 0 Å². The largest absolute Gasteiger partial charge is 0.493 e. The number of unbranched alkanes of at least 4 members (excludes halogenated alkanes) is 2. The highest BCUT2D eigenvalue weighted by Crippen LogP contribution is 2.41. The van der Waals surface area contributed by atoms with Crippen molar-refractivity contribution >= 4 is 0 Å². The van der Waals surface area contributed by atoms with Crippen LogP contribution in [0.25, 0.3) is 0 Å². The van der Waals surface area contributed by atoms with Crippen LogP contribution in [0.5, 0.6) is 11.5 Å². The van der Waals surface area contributed by atoms with Crippen molar-refractivity contribution < 1.29 is 27.4 Å². The monoisotopic (exact) mass is 546 g/mol. The van der Waals surface area contributed by atoms with Crippen LogP contribution in [-0.4, -0.2) is 25.9 Å². The average molecular weight is 547 g/mol. The second kappa shape index (κ2) is 15.0. The van der Waals surface area contributed by atoms with Crippen LogP contribution in [0.1, 0.15) is 114 Å². The molecule has 0 spiro atoms. The van der Waals surface area contributed by atoms with Crippen LogP contribution in [0.15, 0.2) is 30.3 Å². The molecule has 2 saturated carbocycles. The van der Waals surface area contributed by atoms with Gasteiger partial charge >= 0.3 is 0 Å². The fourth-order valence-corrected chi connectivity index (χ4v) is 6.02. The third-order valence-corrected chi connectivity index (χ3v) is 8.54. The van der Waals surface area contributed by atoms with Crippen LogP contribution >= 0.6 is 0 Å². The van der Waals surface area contributed by atoms with Gasteiger partial charge in [-0.2, -0.15) is 0 Å². The molecule has 2 aromatic rings. The molecule has 0 aliphatic heterocycles. The molecule has 0 N–H and O–H groups in total. The maximum absolute atomic E-state index is 15.2. The zero-order valence-corrected chi connectivity index (χ0v) is 23.7. The summed E-state index contributed by atoms with van der Waals surface area (Å²) in [5, 5.41) is 0. The van der Waals surface area contributed by atoms with E-state index >= 15 is 8.78 Å². The highest BCUT2D eigenvalue weighted by Gasteiger charge is 2.30. The molecular formula is C33H45F3O3. The molecule has 0 unspecified atom stereocenters. The van der Waals surface area contributed by atoms with Crippen molar-refractivity contribution in [3.63, 3.8) is 0 Å². The minimum atomic E-state index is -0.670. The summed E-state index contributed by atoms with van der Waals surface area (Å²) in [7, 11) is 0. The Kier molecular flexibility index (Phi) is 11.4. The Bertz CT molecular complexity index is 1030. The second-order valence-corrected chi connectivity index (χ2v) is 11.4. The summed E-state index contributed by atoms with van der Waals surface area (Å²) in [5.74, 6) is -0.685. The van der Waals surface area contributed by atoms with Gasteiger partial charge in [0.15, 0.2) is 23.2 Å².